The van der Waals surface area contributed by atoms with Crippen LogP contribution in [0.15, 0.2) is 34.8 Å². The van der Waals surface area contributed by atoms with Crippen molar-refractivity contribution in [2.24, 2.45) is 7.05 Å². The number of anilines is 3. The number of fused-ring (bicyclic) bond motifs is 1. The minimum absolute atomic E-state index is 0.214. The molecule has 1 aliphatic heterocycles. The van der Waals surface area contributed by atoms with E-state index in [4.69, 9.17) is 14.5 Å². The van der Waals surface area contributed by atoms with Gasteiger partial charge in [0.2, 0.25) is 11.9 Å². The third kappa shape index (κ3) is 5.62. The van der Waals surface area contributed by atoms with Crippen molar-refractivity contribution < 1.29 is 14.3 Å². The summed E-state index contributed by atoms with van der Waals surface area (Å²) in [5, 5.41) is 3.49. The molecule has 2 aromatic carbocycles. The lowest BCUT2D eigenvalue weighted by Gasteiger charge is -2.31. The minimum Gasteiger partial charge on any atom is -0.495 e. The summed E-state index contributed by atoms with van der Waals surface area (Å²) in [5.41, 5.74) is 5.04. The van der Waals surface area contributed by atoms with Crippen LogP contribution < -0.4 is 15.0 Å². The van der Waals surface area contributed by atoms with E-state index in [0.717, 1.165) is 57.1 Å². The van der Waals surface area contributed by atoms with Gasteiger partial charge in [0.05, 0.1) is 42.7 Å². The molecule has 3 aromatic rings. The molecular weight excluding hydrogens is 522 g/mol. The fraction of sp³-hybridized carbons (Fsp3) is 0.481. The molecule has 8 nitrogen and oxygen atoms in total. The van der Waals surface area contributed by atoms with Crippen LogP contribution in [0.5, 0.6) is 5.75 Å². The smallest absolute Gasteiger partial charge is 0.222 e. The number of nitrogens with zero attached hydrogens (tertiary/aromatic N) is 4. The maximum Gasteiger partial charge on any atom is 0.222 e. The Morgan fingerprint density at radius 2 is 2.03 bits per heavy atom. The number of para-hydroxylation sites is 1. The lowest BCUT2D eigenvalue weighted by molar-refractivity contribution is -0.135. The van der Waals surface area contributed by atoms with E-state index in [1.807, 2.05) is 37.1 Å². The van der Waals surface area contributed by atoms with Crippen LogP contribution in [0.2, 0.25) is 0 Å². The number of amides is 1. The van der Waals surface area contributed by atoms with Crippen molar-refractivity contribution in [3.05, 3.63) is 40.4 Å². The topological polar surface area (TPSA) is 71.9 Å². The normalized spacial score (nSPS) is 13.9. The van der Waals surface area contributed by atoms with Gasteiger partial charge in [-0.15, -0.1) is 0 Å². The SMILES string of the molecule is COc1cc(Br)cc(C)c1Nc1nc2cccc(N(CCCC(=O)N3CCOCC3)C(C)C)c2n1C. The van der Waals surface area contributed by atoms with E-state index in [9.17, 15) is 4.79 Å². The number of hydrogen-bond donors (Lipinski definition) is 1. The van der Waals surface area contributed by atoms with Crippen LogP contribution in [0.1, 0.15) is 32.3 Å². The zero-order chi connectivity index (χ0) is 25.8. The number of aromatic nitrogens is 2. The lowest BCUT2D eigenvalue weighted by atomic mass is 10.1. The molecule has 1 aliphatic rings. The van der Waals surface area contributed by atoms with Gasteiger partial charge in [-0.2, -0.15) is 0 Å². The molecule has 36 heavy (non-hydrogen) atoms. The van der Waals surface area contributed by atoms with Crippen molar-refractivity contribution in [1.82, 2.24) is 14.5 Å². The van der Waals surface area contributed by atoms with E-state index in [1.165, 1.54) is 0 Å². The summed E-state index contributed by atoms with van der Waals surface area (Å²) in [4.78, 5) is 21.8. The summed E-state index contributed by atoms with van der Waals surface area (Å²) in [6.45, 7) is 9.87. The largest absolute Gasteiger partial charge is 0.495 e. The maximum atomic E-state index is 12.6. The van der Waals surface area contributed by atoms with Crippen molar-refractivity contribution in [1.29, 1.82) is 0 Å². The second-order valence-corrected chi connectivity index (χ2v) is 10.4. The summed E-state index contributed by atoms with van der Waals surface area (Å²) in [6.07, 6.45) is 1.34. The maximum absolute atomic E-state index is 12.6. The Balaban J connectivity index is 1.58. The highest BCUT2D eigenvalue weighted by Crippen LogP contribution is 2.36. The van der Waals surface area contributed by atoms with E-state index in [-0.39, 0.29) is 11.9 Å². The van der Waals surface area contributed by atoms with Gasteiger partial charge in [0, 0.05) is 43.6 Å². The van der Waals surface area contributed by atoms with Crippen LogP contribution in [0.4, 0.5) is 17.3 Å². The van der Waals surface area contributed by atoms with Crippen molar-refractivity contribution in [3.8, 4) is 5.75 Å². The second kappa shape index (κ2) is 11.5. The first-order chi connectivity index (χ1) is 17.3. The Morgan fingerprint density at radius 3 is 2.72 bits per heavy atom. The molecule has 0 aliphatic carbocycles. The van der Waals surface area contributed by atoms with Gasteiger partial charge in [0.1, 0.15) is 5.75 Å². The molecule has 1 fully saturated rings. The molecular formula is C27H36BrN5O3. The summed E-state index contributed by atoms with van der Waals surface area (Å²) in [7, 11) is 3.70. The van der Waals surface area contributed by atoms with Gasteiger partial charge < -0.3 is 29.2 Å². The first-order valence-corrected chi connectivity index (χ1v) is 13.3. The lowest BCUT2D eigenvalue weighted by Crippen LogP contribution is -2.41. The molecule has 194 valence electrons. The van der Waals surface area contributed by atoms with E-state index in [1.54, 1.807) is 7.11 Å². The molecule has 1 amide bonds. The van der Waals surface area contributed by atoms with Gasteiger partial charge in [0.15, 0.2) is 0 Å². The zero-order valence-electron chi connectivity index (χ0n) is 21.8. The number of rotatable bonds is 9. The van der Waals surface area contributed by atoms with Crippen LogP contribution in [-0.2, 0) is 16.6 Å². The molecule has 0 radical (unpaired) electrons. The Hall–Kier alpha value is -2.78. The number of carbonyl (C=O) groups excluding carboxylic acids is 1. The molecule has 4 rings (SSSR count). The molecule has 0 atom stereocenters. The minimum atomic E-state index is 0.214. The standard InChI is InChI=1S/C27H36BrN5O3/c1-18(2)33(11-7-10-24(34)32-12-14-36-15-13-32)22-9-6-8-21-26(22)31(4)27(29-21)30-25-19(3)16-20(28)17-23(25)35-5/h6,8-9,16-18H,7,10-15H2,1-5H3,(H,29,30). The number of carbonyl (C=O) groups is 1. The Kier molecular flexibility index (Phi) is 8.41. The number of imidazole rings is 1. The average Bonchev–Trinajstić information content (AvgIpc) is 3.19. The van der Waals surface area contributed by atoms with Gasteiger partial charge in [-0.1, -0.05) is 22.0 Å². The third-order valence-electron chi connectivity index (χ3n) is 6.68. The molecule has 0 bridgehead atoms. The highest BCUT2D eigenvalue weighted by molar-refractivity contribution is 9.10. The molecule has 2 heterocycles. The first kappa shape index (κ1) is 26.3. The number of benzene rings is 2. The van der Waals surface area contributed by atoms with Gasteiger partial charge in [0.25, 0.3) is 0 Å². The van der Waals surface area contributed by atoms with E-state index < -0.39 is 0 Å². The molecule has 0 unspecified atom stereocenters. The number of aryl methyl sites for hydroxylation is 2. The summed E-state index contributed by atoms with van der Waals surface area (Å²) in [5.74, 6) is 1.71. The van der Waals surface area contributed by atoms with E-state index >= 15 is 0 Å². The summed E-state index contributed by atoms with van der Waals surface area (Å²) in [6, 6.07) is 10.5. The third-order valence-corrected chi connectivity index (χ3v) is 7.14. The van der Waals surface area contributed by atoms with Crippen LogP contribution >= 0.6 is 15.9 Å². The molecule has 0 saturated carbocycles. The first-order valence-electron chi connectivity index (χ1n) is 12.5. The number of ether oxygens (including phenoxy) is 2. The Labute approximate surface area is 221 Å². The monoisotopic (exact) mass is 557 g/mol. The van der Waals surface area contributed by atoms with Crippen LogP contribution in [0.3, 0.4) is 0 Å². The van der Waals surface area contributed by atoms with Gasteiger partial charge in [-0.25, -0.2) is 4.98 Å². The van der Waals surface area contributed by atoms with Gasteiger partial charge in [-0.05, 0) is 57.0 Å². The average molecular weight is 559 g/mol. The van der Waals surface area contributed by atoms with Crippen LogP contribution in [-0.4, -0.2) is 66.4 Å². The van der Waals surface area contributed by atoms with Crippen molar-refractivity contribution in [2.45, 2.75) is 39.7 Å². The highest BCUT2D eigenvalue weighted by Gasteiger charge is 2.21. The number of morpholine rings is 1. The number of hydrogen-bond acceptors (Lipinski definition) is 6. The van der Waals surface area contributed by atoms with Crippen molar-refractivity contribution in [2.75, 3.05) is 50.2 Å². The number of methoxy groups -OCH3 is 1. The van der Waals surface area contributed by atoms with Crippen molar-refractivity contribution >= 4 is 50.2 Å². The Morgan fingerprint density at radius 1 is 1.28 bits per heavy atom. The molecule has 9 heteroatoms. The second-order valence-electron chi connectivity index (χ2n) is 9.45. The number of halogens is 1. The molecule has 1 N–H and O–H groups in total. The van der Waals surface area contributed by atoms with E-state index in [2.05, 4.69) is 56.7 Å². The van der Waals surface area contributed by atoms with Crippen LogP contribution in [0.25, 0.3) is 11.0 Å². The highest BCUT2D eigenvalue weighted by atomic mass is 79.9. The van der Waals surface area contributed by atoms with Gasteiger partial charge in [-0.3, -0.25) is 4.79 Å². The molecule has 1 saturated heterocycles. The molecule has 1 aromatic heterocycles. The zero-order valence-corrected chi connectivity index (χ0v) is 23.4. The van der Waals surface area contributed by atoms with Crippen LogP contribution in [0, 0.1) is 6.92 Å². The number of nitrogens with one attached hydrogen (secondary N) is 1. The summed E-state index contributed by atoms with van der Waals surface area (Å²) < 4.78 is 14.1. The fourth-order valence-corrected chi connectivity index (χ4v) is 5.32. The molecule has 0 spiro atoms. The van der Waals surface area contributed by atoms with Gasteiger partial charge >= 0.3 is 0 Å². The quantitative estimate of drug-likeness (QED) is 0.387. The summed E-state index contributed by atoms with van der Waals surface area (Å²) >= 11 is 3.54. The predicted molar refractivity (Wildman–Crippen MR) is 149 cm³/mol. The Bertz CT molecular complexity index is 1220. The fourth-order valence-electron chi connectivity index (χ4n) is 4.77. The predicted octanol–water partition coefficient (Wildman–Crippen LogP) is 5.25. The van der Waals surface area contributed by atoms with E-state index in [0.29, 0.717) is 32.7 Å². The van der Waals surface area contributed by atoms with Crippen molar-refractivity contribution in [3.63, 3.8) is 0 Å².